The molecule has 0 spiro atoms. The monoisotopic (exact) mass is 195 g/mol. The fourth-order valence-corrected chi connectivity index (χ4v) is 1.34. The fourth-order valence-electron chi connectivity index (χ4n) is 1.34. The number of aromatic nitrogens is 2. The first-order chi connectivity index (χ1) is 6.65. The molecule has 1 unspecified atom stereocenters. The highest BCUT2D eigenvalue weighted by Gasteiger charge is 2.07. The third kappa shape index (κ3) is 2.84. The molecule has 1 heterocycles. The number of hydrogen-bond acceptors (Lipinski definition) is 2. The topological polar surface area (TPSA) is 29.9 Å². The van der Waals surface area contributed by atoms with Crippen molar-refractivity contribution in [2.45, 2.75) is 46.2 Å². The molecule has 1 aromatic heterocycles. The lowest BCUT2D eigenvalue weighted by atomic mass is 10.2. The Kier molecular flexibility index (Phi) is 4.14. The van der Waals surface area contributed by atoms with Crippen molar-refractivity contribution < 1.29 is 0 Å². The molecule has 14 heavy (non-hydrogen) atoms. The molecular weight excluding hydrogens is 174 g/mol. The molecule has 1 aromatic rings. The standard InChI is InChI=1S/C11H21N3/c1-5-6-12-10(4)11-7-13-14(8-11)9(2)3/h7-10,12H,5-6H2,1-4H3. The van der Waals surface area contributed by atoms with Gasteiger partial charge in [-0.15, -0.1) is 0 Å². The Balaban J connectivity index is 2.57. The van der Waals surface area contributed by atoms with E-state index in [9.17, 15) is 0 Å². The van der Waals surface area contributed by atoms with Crippen molar-refractivity contribution in [3.8, 4) is 0 Å². The van der Waals surface area contributed by atoms with Gasteiger partial charge in [-0.2, -0.15) is 5.10 Å². The number of hydrogen-bond donors (Lipinski definition) is 1. The number of nitrogens with zero attached hydrogens (tertiary/aromatic N) is 2. The van der Waals surface area contributed by atoms with Crippen LogP contribution in [0.4, 0.5) is 0 Å². The number of rotatable bonds is 5. The minimum atomic E-state index is 0.405. The van der Waals surface area contributed by atoms with Gasteiger partial charge >= 0.3 is 0 Å². The lowest BCUT2D eigenvalue weighted by Gasteiger charge is -2.10. The lowest BCUT2D eigenvalue weighted by Crippen LogP contribution is -2.18. The Bertz CT molecular complexity index is 265. The molecule has 0 saturated heterocycles. The molecule has 0 amide bonds. The van der Waals surface area contributed by atoms with Crippen LogP contribution in [0, 0.1) is 0 Å². The van der Waals surface area contributed by atoms with Crippen LogP contribution in [-0.4, -0.2) is 16.3 Å². The van der Waals surface area contributed by atoms with Crippen molar-refractivity contribution in [1.29, 1.82) is 0 Å². The highest BCUT2D eigenvalue weighted by atomic mass is 15.3. The molecule has 1 atom stereocenters. The second kappa shape index (κ2) is 5.15. The van der Waals surface area contributed by atoms with Crippen LogP contribution in [0.5, 0.6) is 0 Å². The molecular formula is C11H21N3. The molecule has 1 rings (SSSR count). The Hall–Kier alpha value is -0.830. The van der Waals surface area contributed by atoms with E-state index in [1.54, 1.807) is 0 Å². The smallest absolute Gasteiger partial charge is 0.0537 e. The summed E-state index contributed by atoms with van der Waals surface area (Å²) in [6.45, 7) is 9.70. The summed E-state index contributed by atoms with van der Waals surface area (Å²) in [5.74, 6) is 0. The average molecular weight is 195 g/mol. The van der Waals surface area contributed by atoms with Crippen LogP contribution in [0.3, 0.4) is 0 Å². The van der Waals surface area contributed by atoms with Crippen LogP contribution in [-0.2, 0) is 0 Å². The summed E-state index contributed by atoms with van der Waals surface area (Å²) in [4.78, 5) is 0. The van der Waals surface area contributed by atoms with E-state index in [0.717, 1.165) is 6.54 Å². The minimum Gasteiger partial charge on any atom is -0.310 e. The number of nitrogens with one attached hydrogen (secondary N) is 1. The van der Waals surface area contributed by atoms with Crippen LogP contribution in [0.25, 0.3) is 0 Å². The van der Waals surface area contributed by atoms with Gasteiger partial charge in [0.25, 0.3) is 0 Å². The van der Waals surface area contributed by atoms with E-state index in [1.165, 1.54) is 12.0 Å². The predicted octanol–water partition coefficient (Wildman–Crippen LogP) is 2.52. The van der Waals surface area contributed by atoms with Crippen LogP contribution in [0.1, 0.15) is 51.8 Å². The zero-order chi connectivity index (χ0) is 10.6. The van der Waals surface area contributed by atoms with Crippen LogP contribution in [0.2, 0.25) is 0 Å². The van der Waals surface area contributed by atoms with Gasteiger partial charge in [0.2, 0.25) is 0 Å². The maximum Gasteiger partial charge on any atom is 0.0537 e. The molecule has 0 radical (unpaired) electrons. The van der Waals surface area contributed by atoms with Gasteiger partial charge in [0.15, 0.2) is 0 Å². The van der Waals surface area contributed by atoms with Crippen molar-refractivity contribution in [3.05, 3.63) is 18.0 Å². The zero-order valence-electron chi connectivity index (χ0n) is 9.62. The zero-order valence-corrected chi connectivity index (χ0v) is 9.62. The van der Waals surface area contributed by atoms with Crippen molar-refractivity contribution in [1.82, 2.24) is 15.1 Å². The Labute approximate surface area is 86.5 Å². The first-order valence-electron chi connectivity index (χ1n) is 5.42. The molecule has 3 nitrogen and oxygen atoms in total. The summed E-state index contributed by atoms with van der Waals surface area (Å²) in [6, 6.07) is 0.851. The van der Waals surface area contributed by atoms with Crippen LogP contribution >= 0.6 is 0 Å². The average Bonchev–Trinajstić information content (AvgIpc) is 2.62. The largest absolute Gasteiger partial charge is 0.310 e. The van der Waals surface area contributed by atoms with Crippen molar-refractivity contribution in [2.75, 3.05) is 6.54 Å². The van der Waals surface area contributed by atoms with Gasteiger partial charge in [0.1, 0.15) is 0 Å². The van der Waals surface area contributed by atoms with E-state index in [-0.39, 0.29) is 0 Å². The second-order valence-electron chi connectivity index (χ2n) is 4.02. The van der Waals surface area contributed by atoms with Gasteiger partial charge in [-0.05, 0) is 33.7 Å². The molecule has 0 aliphatic carbocycles. The normalized spacial score (nSPS) is 13.5. The molecule has 0 aliphatic heterocycles. The summed E-state index contributed by atoms with van der Waals surface area (Å²) in [7, 11) is 0. The highest BCUT2D eigenvalue weighted by Crippen LogP contribution is 2.13. The third-order valence-corrected chi connectivity index (χ3v) is 2.35. The van der Waals surface area contributed by atoms with Gasteiger partial charge in [-0.1, -0.05) is 6.92 Å². The van der Waals surface area contributed by atoms with Gasteiger partial charge in [-0.3, -0.25) is 4.68 Å². The van der Waals surface area contributed by atoms with Crippen LogP contribution < -0.4 is 5.32 Å². The molecule has 0 bridgehead atoms. The summed E-state index contributed by atoms with van der Waals surface area (Å²) in [6.07, 6.45) is 5.24. The summed E-state index contributed by atoms with van der Waals surface area (Å²) in [5, 5.41) is 7.77. The molecule has 1 N–H and O–H groups in total. The minimum absolute atomic E-state index is 0.405. The van der Waals surface area contributed by atoms with E-state index in [0.29, 0.717) is 12.1 Å². The molecule has 80 valence electrons. The van der Waals surface area contributed by atoms with Crippen molar-refractivity contribution in [2.24, 2.45) is 0 Å². The van der Waals surface area contributed by atoms with Gasteiger partial charge in [0, 0.05) is 23.8 Å². The Morgan fingerprint density at radius 2 is 2.14 bits per heavy atom. The van der Waals surface area contributed by atoms with Gasteiger partial charge < -0.3 is 5.32 Å². The van der Waals surface area contributed by atoms with E-state index in [2.05, 4.69) is 44.3 Å². The van der Waals surface area contributed by atoms with Gasteiger partial charge in [-0.25, -0.2) is 0 Å². The summed E-state index contributed by atoms with van der Waals surface area (Å²) >= 11 is 0. The molecule has 0 aliphatic rings. The van der Waals surface area contributed by atoms with Crippen molar-refractivity contribution in [3.63, 3.8) is 0 Å². The van der Waals surface area contributed by atoms with Crippen LogP contribution in [0.15, 0.2) is 12.4 Å². The third-order valence-electron chi connectivity index (χ3n) is 2.35. The van der Waals surface area contributed by atoms with Crippen molar-refractivity contribution >= 4 is 0 Å². The van der Waals surface area contributed by atoms with E-state index >= 15 is 0 Å². The maximum absolute atomic E-state index is 4.32. The second-order valence-corrected chi connectivity index (χ2v) is 4.02. The lowest BCUT2D eigenvalue weighted by molar-refractivity contribution is 0.528. The molecule has 3 heteroatoms. The van der Waals surface area contributed by atoms with E-state index in [1.807, 2.05) is 10.9 Å². The van der Waals surface area contributed by atoms with E-state index in [4.69, 9.17) is 0 Å². The maximum atomic E-state index is 4.32. The quantitative estimate of drug-likeness (QED) is 0.782. The summed E-state index contributed by atoms with van der Waals surface area (Å²) < 4.78 is 2.00. The first kappa shape index (κ1) is 11.2. The predicted molar refractivity (Wildman–Crippen MR) is 59.3 cm³/mol. The molecule has 0 saturated carbocycles. The molecule has 0 aromatic carbocycles. The first-order valence-corrected chi connectivity index (χ1v) is 5.42. The highest BCUT2D eigenvalue weighted by molar-refractivity contribution is 5.09. The fraction of sp³-hybridized carbons (Fsp3) is 0.727. The Morgan fingerprint density at radius 1 is 1.43 bits per heavy atom. The Morgan fingerprint density at radius 3 is 2.64 bits per heavy atom. The SMILES string of the molecule is CCCNC(C)c1cnn(C(C)C)c1. The van der Waals surface area contributed by atoms with E-state index < -0.39 is 0 Å². The summed E-state index contributed by atoms with van der Waals surface area (Å²) in [5.41, 5.74) is 1.27. The van der Waals surface area contributed by atoms with Gasteiger partial charge in [0.05, 0.1) is 6.20 Å². The molecule has 0 fully saturated rings.